The van der Waals surface area contributed by atoms with E-state index >= 15 is 0 Å². The fourth-order valence-corrected chi connectivity index (χ4v) is 1.58. The molecule has 0 aliphatic heterocycles. The van der Waals surface area contributed by atoms with Crippen molar-refractivity contribution >= 4 is 11.6 Å². The fourth-order valence-electron chi connectivity index (χ4n) is 1.33. The highest BCUT2D eigenvalue weighted by atomic mass is 35.5. The molecule has 1 aromatic rings. The molecule has 66 valence electrons. The van der Waals surface area contributed by atoms with Gasteiger partial charge >= 0.3 is 0 Å². The minimum atomic E-state index is 0.556. The number of ether oxygens (including phenoxy) is 1. The maximum atomic E-state index is 5.78. The van der Waals surface area contributed by atoms with Crippen molar-refractivity contribution in [2.75, 3.05) is 7.11 Å². The van der Waals surface area contributed by atoms with E-state index in [1.807, 2.05) is 18.2 Å². The summed E-state index contributed by atoms with van der Waals surface area (Å²) in [5.74, 6) is 1.50. The van der Waals surface area contributed by atoms with Crippen LogP contribution in [-0.4, -0.2) is 7.11 Å². The second-order valence-corrected chi connectivity index (χ2v) is 2.85. The van der Waals surface area contributed by atoms with Gasteiger partial charge in [0.1, 0.15) is 5.75 Å². The third-order valence-electron chi connectivity index (χ3n) is 1.95. The van der Waals surface area contributed by atoms with Gasteiger partial charge in [0, 0.05) is 5.88 Å². The van der Waals surface area contributed by atoms with Gasteiger partial charge in [-0.1, -0.05) is 19.1 Å². The maximum Gasteiger partial charge on any atom is 0.122 e. The molecule has 0 spiro atoms. The van der Waals surface area contributed by atoms with Crippen LogP contribution in [0, 0.1) is 0 Å². The molecule has 0 bridgehead atoms. The van der Waals surface area contributed by atoms with E-state index in [1.165, 1.54) is 11.1 Å². The summed E-state index contributed by atoms with van der Waals surface area (Å²) in [5, 5.41) is 0. The van der Waals surface area contributed by atoms with Crippen molar-refractivity contribution in [2.45, 2.75) is 19.2 Å². The first-order valence-corrected chi connectivity index (χ1v) is 4.57. The first kappa shape index (κ1) is 9.40. The van der Waals surface area contributed by atoms with Crippen molar-refractivity contribution in [2.24, 2.45) is 0 Å². The van der Waals surface area contributed by atoms with Crippen LogP contribution in [0.2, 0.25) is 0 Å². The van der Waals surface area contributed by atoms with Crippen molar-refractivity contribution in [3.63, 3.8) is 0 Å². The lowest BCUT2D eigenvalue weighted by molar-refractivity contribution is 0.409. The molecule has 1 rings (SSSR count). The molecule has 2 heteroatoms. The first-order valence-electron chi connectivity index (χ1n) is 4.04. The van der Waals surface area contributed by atoms with E-state index in [9.17, 15) is 0 Å². The van der Waals surface area contributed by atoms with Gasteiger partial charge in [0.05, 0.1) is 7.11 Å². The molecular weight excluding hydrogens is 172 g/mol. The molecule has 0 aliphatic rings. The zero-order valence-electron chi connectivity index (χ0n) is 7.43. The zero-order chi connectivity index (χ0) is 8.97. The van der Waals surface area contributed by atoms with Crippen LogP contribution in [-0.2, 0) is 12.3 Å². The lowest BCUT2D eigenvalue weighted by Crippen LogP contribution is -1.94. The summed E-state index contributed by atoms with van der Waals surface area (Å²) in [6, 6.07) is 5.97. The molecule has 0 aliphatic carbocycles. The Hall–Kier alpha value is -0.690. The predicted octanol–water partition coefficient (Wildman–Crippen LogP) is 3.00. The maximum absolute atomic E-state index is 5.78. The SMILES string of the molecule is CCc1c(CCl)cccc1OC. The standard InChI is InChI=1S/C10H13ClO/c1-3-9-8(7-11)5-4-6-10(9)12-2/h4-6H,3,7H2,1-2H3. The van der Waals surface area contributed by atoms with E-state index < -0.39 is 0 Å². The van der Waals surface area contributed by atoms with E-state index in [1.54, 1.807) is 7.11 Å². The summed E-state index contributed by atoms with van der Waals surface area (Å²) in [4.78, 5) is 0. The molecule has 0 amide bonds. The highest BCUT2D eigenvalue weighted by Gasteiger charge is 2.04. The Morgan fingerprint density at radius 2 is 2.17 bits per heavy atom. The van der Waals surface area contributed by atoms with Crippen LogP contribution in [0.4, 0.5) is 0 Å². The van der Waals surface area contributed by atoms with Gasteiger partial charge < -0.3 is 4.74 Å². The Morgan fingerprint density at radius 1 is 1.42 bits per heavy atom. The minimum Gasteiger partial charge on any atom is -0.496 e. The predicted molar refractivity (Wildman–Crippen MR) is 51.9 cm³/mol. The molecule has 0 saturated heterocycles. The third-order valence-corrected chi connectivity index (χ3v) is 2.24. The summed E-state index contributed by atoms with van der Waals surface area (Å²) in [7, 11) is 1.69. The largest absolute Gasteiger partial charge is 0.496 e. The molecule has 1 nitrogen and oxygen atoms in total. The van der Waals surface area contributed by atoms with Crippen LogP contribution < -0.4 is 4.74 Å². The van der Waals surface area contributed by atoms with Crippen molar-refractivity contribution in [1.29, 1.82) is 0 Å². The van der Waals surface area contributed by atoms with Gasteiger partial charge in [-0.2, -0.15) is 0 Å². The lowest BCUT2D eigenvalue weighted by Gasteiger charge is -2.09. The molecule has 0 radical (unpaired) electrons. The monoisotopic (exact) mass is 184 g/mol. The topological polar surface area (TPSA) is 9.23 Å². The van der Waals surface area contributed by atoms with Gasteiger partial charge in [0.25, 0.3) is 0 Å². The van der Waals surface area contributed by atoms with Crippen LogP contribution in [0.3, 0.4) is 0 Å². The van der Waals surface area contributed by atoms with E-state index in [-0.39, 0.29) is 0 Å². The van der Waals surface area contributed by atoms with Crippen molar-refractivity contribution < 1.29 is 4.74 Å². The summed E-state index contributed by atoms with van der Waals surface area (Å²) in [5.41, 5.74) is 2.38. The molecule has 0 saturated carbocycles. The Kier molecular flexibility index (Phi) is 3.42. The van der Waals surface area contributed by atoms with Crippen LogP contribution in [0.5, 0.6) is 5.75 Å². The van der Waals surface area contributed by atoms with Crippen LogP contribution in [0.15, 0.2) is 18.2 Å². The van der Waals surface area contributed by atoms with Gasteiger partial charge in [-0.05, 0) is 23.6 Å². The highest BCUT2D eigenvalue weighted by molar-refractivity contribution is 6.17. The van der Waals surface area contributed by atoms with Crippen molar-refractivity contribution in [3.05, 3.63) is 29.3 Å². The van der Waals surface area contributed by atoms with E-state index in [2.05, 4.69) is 6.92 Å². The average Bonchev–Trinajstić information content (AvgIpc) is 2.16. The van der Waals surface area contributed by atoms with Crippen LogP contribution in [0.1, 0.15) is 18.1 Å². The van der Waals surface area contributed by atoms with E-state index in [4.69, 9.17) is 16.3 Å². The number of rotatable bonds is 3. The molecule has 0 unspecified atom stereocenters. The first-order chi connectivity index (χ1) is 5.83. The smallest absolute Gasteiger partial charge is 0.122 e. The second-order valence-electron chi connectivity index (χ2n) is 2.59. The summed E-state index contributed by atoms with van der Waals surface area (Å²) >= 11 is 5.78. The van der Waals surface area contributed by atoms with E-state index in [0.717, 1.165) is 12.2 Å². The van der Waals surface area contributed by atoms with Crippen LogP contribution >= 0.6 is 11.6 Å². The number of halogens is 1. The van der Waals surface area contributed by atoms with Crippen molar-refractivity contribution in [3.8, 4) is 5.75 Å². The molecule has 0 N–H and O–H groups in total. The van der Waals surface area contributed by atoms with Gasteiger partial charge in [0.15, 0.2) is 0 Å². The normalized spacial score (nSPS) is 9.92. The zero-order valence-corrected chi connectivity index (χ0v) is 8.19. The van der Waals surface area contributed by atoms with Crippen LogP contribution in [0.25, 0.3) is 0 Å². The number of methoxy groups -OCH3 is 1. The van der Waals surface area contributed by atoms with Gasteiger partial charge in [-0.25, -0.2) is 0 Å². The highest BCUT2D eigenvalue weighted by Crippen LogP contribution is 2.23. The van der Waals surface area contributed by atoms with Gasteiger partial charge in [-0.3, -0.25) is 0 Å². The summed E-state index contributed by atoms with van der Waals surface area (Å²) in [6.45, 7) is 2.11. The quantitative estimate of drug-likeness (QED) is 0.657. The molecule has 12 heavy (non-hydrogen) atoms. The molecule has 1 aromatic carbocycles. The van der Waals surface area contributed by atoms with E-state index in [0.29, 0.717) is 5.88 Å². The van der Waals surface area contributed by atoms with Gasteiger partial charge in [0.2, 0.25) is 0 Å². The number of benzene rings is 1. The Labute approximate surface area is 78.3 Å². The summed E-state index contributed by atoms with van der Waals surface area (Å²) in [6.07, 6.45) is 0.964. The number of hydrogen-bond acceptors (Lipinski definition) is 1. The lowest BCUT2D eigenvalue weighted by atomic mass is 10.1. The Bertz CT molecular complexity index is 236. The third kappa shape index (κ3) is 1.72. The molecular formula is C10H13ClO. The Balaban J connectivity index is 3.13. The fraction of sp³-hybridized carbons (Fsp3) is 0.400. The number of hydrogen-bond donors (Lipinski definition) is 0. The summed E-state index contributed by atoms with van der Waals surface area (Å²) < 4.78 is 5.22. The molecule has 0 atom stereocenters. The second kappa shape index (κ2) is 4.36. The Morgan fingerprint density at radius 3 is 2.67 bits per heavy atom. The molecule has 0 aromatic heterocycles. The van der Waals surface area contributed by atoms with Gasteiger partial charge in [-0.15, -0.1) is 11.6 Å². The minimum absolute atomic E-state index is 0.556. The average molecular weight is 185 g/mol. The number of alkyl halides is 1. The molecule has 0 fully saturated rings. The van der Waals surface area contributed by atoms with Crippen molar-refractivity contribution in [1.82, 2.24) is 0 Å². The molecule has 0 heterocycles.